The van der Waals surface area contributed by atoms with Crippen molar-refractivity contribution in [1.29, 1.82) is 0 Å². The summed E-state index contributed by atoms with van der Waals surface area (Å²) in [6, 6.07) is 5.54. The molecule has 0 spiro atoms. The van der Waals surface area contributed by atoms with Crippen molar-refractivity contribution in [1.82, 2.24) is 5.32 Å². The minimum atomic E-state index is -1.10. The van der Waals surface area contributed by atoms with Gasteiger partial charge in [-0.05, 0) is 30.7 Å². The Hall–Kier alpha value is -2.29. The summed E-state index contributed by atoms with van der Waals surface area (Å²) in [5.41, 5.74) is 0.847. The number of amides is 4. The number of carbonyl (C=O) groups is 3. The number of urea groups is 1. The molecule has 28 heavy (non-hydrogen) atoms. The highest BCUT2D eigenvalue weighted by molar-refractivity contribution is 6.35. The molecule has 1 aromatic rings. The van der Waals surface area contributed by atoms with E-state index in [0.29, 0.717) is 29.4 Å². The highest BCUT2D eigenvalue weighted by Crippen LogP contribution is 2.23. The average Bonchev–Trinajstić information content (AvgIpc) is 2.68. The highest BCUT2D eigenvalue weighted by Gasteiger charge is 2.43. The standard InChI is InChI=1S/C19H23ClN4O4/c1-2-15(21-7-8-23-9-11-28-12-10-23)16-17(25)22-19(27)24(18(16)26)14-5-3-13(20)4-6-14/h3-6,16H,2,7-12H2,1H3,(H,22,25,27)/p+1. The number of rotatable bonds is 6. The number of hydrogen-bond acceptors (Lipinski definition) is 5. The molecule has 1 unspecified atom stereocenters. The molecule has 1 atom stereocenters. The van der Waals surface area contributed by atoms with Crippen molar-refractivity contribution < 1.29 is 24.0 Å². The molecular weight excluding hydrogens is 384 g/mol. The number of imide groups is 2. The number of halogens is 1. The first-order valence-corrected chi connectivity index (χ1v) is 9.78. The van der Waals surface area contributed by atoms with E-state index in [-0.39, 0.29) is 0 Å². The number of carbonyl (C=O) groups excluding carboxylic acids is 3. The lowest BCUT2D eigenvalue weighted by Crippen LogP contribution is -3.14. The Labute approximate surface area is 168 Å². The van der Waals surface area contributed by atoms with Gasteiger partial charge in [0.2, 0.25) is 5.91 Å². The van der Waals surface area contributed by atoms with Crippen LogP contribution in [0.3, 0.4) is 0 Å². The first kappa shape index (κ1) is 20.4. The summed E-state index contributed by atoms with van der Waals surface area (Å²) >= 11 is 5.88. The molecule has 2 N–H and O–H groups in total. The second-order valence-corrected chi connectivity index (χ2v) is 7.15. The third kappa shape index (κ3) is 4.57. The van der Waals surface area contributed by atoms with Gasteiger partial charge in [-0.25, -0.2) is 9.69 Å². The number of nitrogens with one attached hydrogen (secondary N) is 2. The van der Waals surface area contributed by atoms with Gasteiger partial charge in [-0.15, -0.1) is 0 Å². The number of anilines is 1. The van der Waals surface area contributed by atoms with E-state index < -0.39 is 23.8 Å². The molecule has 3 rings (SSSR count). The van der Waals surface area contributed by atoms with Crippen LogP contribution in [-0.4, -0.2) is 62.9 Å². The second-order valence-electron chi connectivity index (χ2n) is 6.72. The van der Waals surface area contributed by atoms with Crippen LogP contribution >= 0.6 is 11.6 Å². The molecule has 0 radical (unpaired) electrons. The van der Waals surface area contributed by atoms with Gasteiger partial charge in [0, 0.05) is 10.7 Å². The van der Waals surface area contributed by atoms with Crippen LogP contribution in [0.2, 0.25) is 5.02 Å². The summed E-state index contributed by atoms with van der Waals surface area (Å²) < 4.78 is 5.34. The molecule has 0 aliphatic carbocycles. The Kier molecular flexibility index (Phi) is 6.77. The van der Waals surface area contributed by atoms with Crippen LogP contribution in [0.15, 0.2) is 29.3 Å². The first-order chi connectivity index (χ1) is 13.5. The van der Waals surface area contributed by atoms with E-state index in [2.05, 4.69) is 10.3 Å². The summed E-state index contributed by atoms with van der Waals surface area (Å²) in [6.07, 6.45) is 0.449. The zero-order valence-corrected chi connectivity index (χ0v) is 16.5. The van der Waals surface area contributed by atoms with Crippen molar-refractivity contribution in [2.75, 3.05) is 44.3 Å². The fourth-order valence-corrected chi connectivity index (χ4v) is 3.50. The predicted octanol–water partition coefficient (Wildman–Crippen LogP) is 0.305. The highest BCUT2D eigenvalue weighted by atomic mass is 35.5. The lowest BCUT2D eigenvalue weighted by atomic mass is 9.96. The largest absolute Gasteiger partial charge is 0.370 e. The van der Waals surface area contributed by atoms with Crippen LogP contribution in [-0.2, 0) is 14.3 Å². The van der Waals surface area contributed by atoms with Gasteiger partial charge in [-0.1, -0.05) is 18.5 Å². The molecule has 0 aromatic heterocycles. The smallest absolute Gasteiger partial charge is 0.335 e. The fourth-order valence-electron chi connectivity index (χ4n) is 3.38. The lowest BCUT2D eigenvalue weighted by Gasteiger charge is -2.30. The van der Waals surface area contributed by atoms with E-state index in [0.717, 1.165) is 37.7 Å². The van der Waals surface area contributed by atoms with Crippen LogP contribution in [0, 0.1) is 5.92 Å². The predicted molar refractivity (Wildman–Crippen MR) is 105 cm³/mol. The molecule has 9 heteroatoms. The van der Waals surface area contributed by atoms with Gasteiger partial charge in [-0.3, -0.25) is 19.9 Å². The van der Waals surface area contributed by atoms with Crippen molar-refractivity contribution in [2.24, 2.45) is 10.9 Å². The zero-order valence-electron chi connectivity index (χ0n) is 15.7. The Morgan fingerprint density at radius 3 is 2.57 bits per heavy atom. The van der Waals surface area contributed by atoms with E-state index in [1.807, 2.05) is 6.92 Å². The molecule has 0 bridgehead atoms. The SMILES string of the molecule is CCC(=NCC[NH+]1CCOCC1)C1C(=O)NC(=O)N(c2ccc(Cl)cc2)C1=O. The topological polar surface area (TPSA) is 92.5 Å². The number of benzene rings is 1. The molecule has 2 aliphatic heterocycles. The van der Waals surface area contributed by atoms with Crippen LogP contribution in [0.1, 0.15) is 13.3 Å². The van der Waals surface area contributed by atoms with Gasteiger partial charge >= 0.3 is 6.03 Å². The number of quaternary nitrogens is 1. The van der Waals surface area contributed by atoms with Crippen molar-refractivity contribution in [2.45, 2.75) is 13.3 Å². The fraction of sp³-hybridized carbons (Fsp3) is 0.474. The zero-order chi connectivity index (χ0) is 20.1. The molecular formula is C19H24ClN4O4+. The molecule has 0 saturated carbocycles. The van der Waals surface area contributed by atoms with Gasteiger partial charge in [0.1, 0.15) is 13.1 Å². The third-order valence-corrected chi connectivity index (χ3v) is 5.18. The summed E-state index contributed by atoms with van der Waals surface area (Å²) in [5, 5.41) is 2.76. The maximum absolute atomic E-state index is 13.0. The van der Waals surface area contributed by atoms with E-state index in [9.17, 15) is 14.4 Å². The van der Waals surface area contributed by atoms with Crippen LogP contribution < -0.4 is 15.1 Å². The van der Waals surface area contributed by atoms with Crippen LogP contribution in [0.25, 0.3) is 0 Å². The van der Waals surface area contributed by atoms with Gasteiger partial charge < -0.3 is 9.64 Å². The number of nitrogens with zero attached hydrogens (tertiary/aromatic N) is 2. The number of ether oxygens (including phenoxy) is 1. The molecule has 2 saturated heterocycles. The normalized spacial score (nSPS) is 21.8. The first-order valence-electron chi connectivity index (χ1n) is 9.40. The minimum absolute atomic E-state index is 0.359. The van der Waals surface area contributed by atoms with Gasteiger partial charge in [-0.2, -0.15) is 0 Å². The maximum atomic E-state index is 13.0. The van der Waals surface area contributed by atoms with Crippen molar-refractivity contribution in [3.63, 3.8) is 0 Å². The Bertz CT molecular complexity index is 775. The molecule has 2 aliphatic rings. The van der Waals surface area contributed by atoms with E-state index in [1.54, 1.807) is 24.3 Å². The molecule has 2 fully saturated rings. The quantitative estimate of drug-likeness (QED) is 0.524. The summed E-state index contributed by atoms with van der Waals surface area (Å²) in [6.45, 7) is 6.52. The third-order valence-electron chi connectivity index (χ3n) is 4.92. The number of hydrogen-bond donors (Lipinski definition) is 2. The van der Waals surface area contributed by atoms with E-state index in [4.69, 9.17) is 16.3 Å². The Balaban J connectivity index is 1.76. The number of morpholine rings is 1. The van der Waals surface area contributed by atoms with Crippen LogP contribution in [0.5, 0.6) is 0 Å². The van der Waals surface area contributed by atoms with E-state index in [1.165, 1.54) is 4.90 Å². The molecule has 150 valence electrons. The van der Waals surface area contributed by atoms with Gasteiger partial charge in [0.15, 0.2) is 5.92 Å². The minimum Gasteiger partial charge on any atom is -0.370 e. The summed E-state index contributed by atoms with van der Waals surface area (Å²) in [7, 11) is 0. The van der Waals surface area contributed by atoms with Gasteiger partial charge in [0.05, 0.1) is 32.0 Å². The van der Waals surface area contributed by atoms with Crippen molar-refractivity contribution in [3.8, 4) is 0 Å². The van der Waals surface area contributed by atoms with Crippen molar-refractivity contribution >= 4 is 40.8 Å². The summed E-state index contributed by atoms with van der Waals surface area (Å²) in [5.74, 6) is -2.31. The monoisotopic (exact) mass is 407 g/mol. The molecule has 1 aromatic carbocycles. The summed E-state index contributed by atoms with van der Waals surface area (Å²) in [4.78, 5) is 44.6. The van der Waals surface area contributed by atoms with Crippen LogP contribution in [0.4, 0.5) is 10.5 Å². The number of aliphatic imine (C=N–C) groups is 1. The Morgan fingerprint density at radius 2 is 1.93 bits per heavy atom. The maximum Gasteiger partial charge on any atom is 0.335 e. The van der Waals surface area contributed by atoms with E-state index >= 15 is 0 Å². The molecule has 2 heterocycles. The second kappa shape index (κ2) is 9.27. The number of barbiturate groups is 1. The Morgan fingerprint density at radius 1 is 1.25 bits per heavy atom. The lowest BCUT2D eigenvalue weighted by molar-refractivity contribution is -0.906. The van der Waals surface area contributed by atoms with Crippen molar-refractivity contribution in [3.05, 3.63) is 29.3 Å². The molecule has 4 amide bonds. The van der Waals surface area contributed by atoms with Gasteiger partial charge in [0.25, 0.3) is 5.91 Å². The average molecular weight is 408 g/mol. The molecule has 8 nitrogen and oxygen atoms in total.